The third-order valence-corrected chi connectivity index (χ3v) is 6.54. The average molecular weight is 494 g/mol. The van der Waals surface area contributed by atoms with E-state index in [9.17, 15) is 9.18 Å². The highest BCUT2D eigenvalue weighted by atomic mass is 19.1. The Morgan fingerprint density at radius 1 is 0.784 bits per heavy atom. The van der Waals surface area contributed by atoms with Gasteiger partial charge in [-0.25, -0.2) is 4.39 Å². The Labute approximate surface area is 215 Å². The lowest BCUT2D eigenvalue weighted by Gasteiger charge is -2.09. The highest BCUT2D eigenvalue weighted by Crippen LogP contribution is 2.28. The van der Waals surface area contributed by atoms with Gasteiger partial charge in [-0.2, -0.15) is 0 Å². The number of carboxylic acid groups (broad SMARTS) is 1. The summed E-state index contributed by atoms with van der Waals surface area (Å²) >= 11 is 0. The molecule has 0 atom stereocenters. The number of hydrogen-bond donors (Lipinski definition) is 1. The molecular formula is C32H28FNO3. The van der Waals surface area contributed by atoms with E-state index in [1.807, 2.05) is 24.3 Å². The minimum absolute atomic E-state index is 0.118. The number of aliphatic carboxylic acids is 1. The van der Waals surface area contributed by atoms with Gasteiger partial charge in [-0.1, -0.05) is 48.5 Å². The molecular weight excluding hydrogens is 465 g/mol. The van der Waals surface area contributed by atoms with Gasteiger partial charge in [-0.15, -0.1) is 0 Å². The molecule has 0 spiro atoms. The second-order valence-electron chi connectivity index (χ2n) is 9.16. The van der Waals surface area contributed by atoms with Crippen molar-refractivity contribution in [3.05, 3.63) is 131 Å². The summed E-state index contributed by atoms with van der Waals surface area (Å²) < 4.78 is 21.1. The molecule has 1 aromatic heterocycles. The monoisotopic (exact) mass is 493 g/mol. The van der Waals surface area contributed by atoms with Crippen LogP contribution in [0.25, 0.3) is 16.6 Å². The van der Waals surface area contributed by atoms with Crippen molar-refractivity contribution in [1.82, 2.24) is 4.57 Å². The van der Waals surface area contributed by atoms with Gasteiger partial charge in [0, 0.05) is 23.7 Å². The standard InChI is InChI=1S/C32H28FNO3/c33-27-12-16-29(17-13-27)37-22-25-7-14-28(15-8-25)34-21-26(11-6-23-4-2-1-3-5-23)30-20-24(9-18-31(30)34)10-19-32(35)36/h1-5,7-9,12-18,20-21H,6,10-11,19,22H2,(H,35,36). The summed E-state index contributed by atoms with van der Waals surface area (Å²) in [5.41, 5.74) is 6.71. The third kappa shape index (κ3) is 6.07. The smallest absolute Gasteiger partial charge is 0.303 e. The van der Waals surface area contributed by atoms with Crippen molar-refractivity contribution >= 4 is 16.9 Å². The number of nitrogens with zero attached hydrogens (tertiary/aromatic N) is 1. The van der Waals surface area contributed by atoms with Crippen LogP contribution in [0.3, 0.4) is 0 Å². The van der Waals surface area contributed by atoms with Gasteiger partial charge in [0.2, 0.25) is 0 Å². The van der Waals surface area contributed by atoms with Gasteiger partial charge in [0.25, 0.3) is 0 Å². The van der Waals surface area contributed by atoms with Gasteiger partial charge >= 0.3 is 5.97 Å². The molecule has 5 rings (SSSR count). The number of carbonyl (C=O) groups is 1. The predicted molar refractivity (Wildman–Crippen MR) is 144 cm³/mol. The molecule has 4 aromatic carbocycles. The molecule has 0 amide bonds. The van der Waals surface area contributed by atoms with Crippen LogP contribution in [0.15, 0.2) is 103 Å². The molecule has 1 N–H and O–H groups in total. The van der Waals surface area contributed by atoms with Crippen molar-refractivity contribution in [2.75, 3.05) is 0 Å². The molecule has 0 unspecified atom stereocenters. The number of aromatic nitrogens is 1. The normalized spacial score (nSPS) is 11.1. The first-order valence-corrected chi connectivity index (χ1v) is 12.4. The summed E-state index contributed by atoms with van der Waals surface area (Å²) in [6.45, 7) is 0.396. The summed E-state index contributed by atoms with van der Waals surface area (Å²) in [6.07, 6.45) is 4.64. The molecule has 5 heteroatoms. The van der Waals surface area contributed by atoms with Crippen molar-refractivity contribution in [2.45, 2.75) is 32.3 Å². The topological polar surface area (TPSA) is 51.5 Å². The summed E-state index contributed by atoms with van der Waals surface area (Å²) in [4.78, 5) is 11.1. The molecule has 0 aliphatic rings. The molecule has 0 radical (unpaired) electrons. The van der Waals surface area contributed by atoms with Gasteiger partial charge < -0.3 is 14.4 Å². The zero-order valence-electron chi connectivity index (χ0n) is 20.4. The van der Waals surface area contributed by atoms with Crippen LogP contribution in [0.1, 0.15) is 28.7 Å². The van der Waals surface area contributed by atoms with E-state index in [1.165, 1.54) is 23.3 Å². The predicted octanol–water partition coefficient (Wildman–Crippen LogP) is 7.15. The van der Waals surface area contributed by atoms with E-state index in [0.717, 1.165) is 40.6 Å². The number of fused-ring (bicyclic) bond motifs is 1. The quantitative estimate of drug-likeness (QED) is 0.225. The number of carboxylic acids is 1. The highest BCUT2D eigenvalue weighted by molar-refractivity contribution is 5.86. The number of halogens is 1. The zero-order valence-corrected chi connectivity index (χ0v) is 20.4. The number of hydrogen-bond acceptors (Lipinski definition) is 2. The minimum atomic E-state index is -0.787. The second-order valence-corrected chi connectivity index (χ2v) is 9.16. The Hall–Kier alpha value is -4.38. The summed E-state index contributed by atoms with van der Waals surface area (Å²) in [5.74, 6) is -0.443. The first-order valence-electron chi connectivity index (χ1n) is 12.4. The van der Waals surface area contributed by atoms with Crippen molar-refractivity contribution in [3.8, 4) is 11.4 Å². The first kappa shape index (κ1) is 24.3. The van der Waals surface area contributed by atoms with E-state index in [2.05, 4.69) is 59.3 Å². The first-order chi connectivity index (χ1) is 18.0. The van der Waals surface area contributed by atoms with Crippen molar-refractivity contribution in [3.63, 3.8) is 0 Å². The highest BCUT2D eigenvalue weighted by Gasteiger charge is 2.12. The van der Waals surface area contributed by atoms with Crippen LogP contribution in [-0.2, 0) is 30.7 Å². The molecule has 186 valence electrons. The lowest BCUT2D eigenvalue weighted by molar-refractivity contribution is -0.136. The fraction of sp³-hybridized carbons (Fsp3) is 0.156. The molecule has 5 aromatic rings. The largest absolute Gasteiger partial charge is 0.489 e. The van der Waals surface area contributed by atoms with Gasteiger partial charge in [-0.3, -0.25) is 4.79 Å². The molecule has 0 saturated carbocycles. The Morgan fingerprint density at radius 2 is 1.51 bits per heavy atom. The maximum absolute atomic E-state index is 13.1. The summed E-state index contributed by atoms with van der Waals surface area (Å²) in [5, 5.41) is 10.3. The Bertz CT molecular complexity index is 1490. The molecule has 4 nitrogen and oxygen atoms in total. The van der Waals surface area contributed by atoms with E-state index in [1.54, 1.807) is 12.1 Å². The lowest BCUT2D eigenvalue weighted by Crippen LogP contribution is -1.98. The average Bonchev–Trinajstić information content (AvgIpc) is 3.29. The van der Waals surface area contributed by atoms with Crippen molar-refractivity contribution in [1.29, 1.82) is 0 Å². The van der Waals surface area contributed by atoms with Crippen molar-refractivity contribution in [2.24, 2.45) is 0 Å². The van der Waals surface area contributed by atoms with E-state index in [-0.39, 0.29) is 12.2 Å². The maximum atomic E-state index is 13.1. The lowest BCUT2D eigenvalue weighted by atomic mass is 10.0. The molecule has 0 bridgehead atoms. The van der Waals surface area contributed by atoms with Crippen LogP contribution in [0, 0.1) is 5.82 Å². The minimum Gasteiger partial charge on any atom is -0.489 e. The molecule has 0 fully saturated rings. The van der Waals surface area contributed by atoms with E-state index < -0.39 is 5.97 Å². The number of benzene rings is 4. The van der Waals surface area contributed by atoms with E-state index in [0.29, 0.717) is 18.8 Å². The number of ether oxygens (including phenoxy) is 1. The van der Waals surface area contributed by atoms with Crippen LogP contribution >= 0.6 is 0 Å². The van der Waals surface area contributed by atoms with Gasteiger partial charge in [0.05, 0.1) is 5.52 Å². The van der Waals surface area contributed by atoms with Gasteiger partial charge in [0.15, 0.2) is 0 Å². The van der Waals surface area contributed by atoms with Crippen LogP contribution in [0.5, 0.6) is 5.75 Å². The second kappa shape index (κ2) is 11.1. The van der Waals surface area contributed by atoms with E-state index in [4.69, 9.17) is 9.84 Å². The summed E-state index contributed by atoms with van der Waals surface area (Å²) in [7, 11) is 0. The molecule has 0 saturated heterocycles. The molecule has 37 heavy (non-hydrogen) atoms. The SMILES string of the molecule is O=C(O)CCc1ccc2c(c1)c(CCc1ccccc1)cn2-c1ccc(COc2ccc(F)cc2)cc1. The van der Waals surface area contributed by atoms with E-state index >= 15 is 0 Å². The van der Waals surface area contributed by atoms with Crippen LogP contribution in [0.4, 0.5) is 4.39 Å². The Kier molecular flexibility index (Phi) is 7.31. The Morgan fingerprint density at radius 3 is 2.24 bits per heavy atom. The van der Waals surface area contributed by atoms with Crippen LogP contribution in [-0.4, -0.2) is 15.6 Å². The Balaban J connectivity index is 1.40. The van der Waals surface area contributed by atoms with Crippen LogP contribution in [0.2, 0.25) is 0 Å². The maximum Gasteiger partial charge on any atom is 0.303 e. The van der Waals surface area contributed by atoms with Gasteiger partial charge in [-0.05, 0) is 90.0 Å². The fourth-order valence-corrected chi connectivity index (χ4v) is 4.54. The van der Waals surface area contributed by atoms with Crippen LogP contribution < -0.4 is 4.74 Å². The third-order valence-electron chi connectivity index (χ3n) is 6.54. The summed E-state index contributed by atoms with van der Waals surface area (Å²) in [6, 6.07) is 30.9. The molecule has 0 aliphatic heterocycles. The number of rotatable bonds is 10. The molecule has 0 aliphatic carbocycles. The number of aryl methyl sites for hydroxylation is 3. The van der Waals surface area contributed by atoms with Crippen molar-refractivity contribution < 1.29 is 19.0 Å². The molecule has 1 heterocycles. The zero-order chi connectivity index (χ0) is 25.6. The fourth-order valence-electron chi connectivity index (χ4n) is 4.54. The van der Waals surface area contributed by atoms with Gasteiger partial charge in [0.1, 0.15) is 18.2 Å².